The Balaban J connectivity index is 1.01. The van der Waals surface area contributed by atoms with Gasteiger partial charge in [-0.2, -0.15) is 0 Å². The van der Waals surface area contributed by atoms with Crippen molar-refractivity contribution < 1.29 is 18.4 Å². The van der Waals surface area contributed by atoms with Crippen LogP contribution in [0.5, 0.6) is 5.75 Å². The molecule has 0 bridgehead atoms. The van der Waals surface area contributed by atoms with Crippen LogP contribution in [0.2, 0.25) is 5.02 Å². The molecule has 3 aliphatic rings. The number of ether oxygens (including phenoxy) is 1. The number of fused-ring (bicyclic) bond motifs is 1. The highest BCUT2D eigenvalue weighted by Crippen LogP contribution is 2.45. The van der Waals surface area contributed by atoms with Gasteiger partial charge in [-0.1, -0.05) is 16.8 Å². The molecule has 3 aliphatic heterocycles. The SMILES string of the molecule is O=C1CCc2c(Cl)c(OCCCN3CCC(c4noc5cc(F)ccc45)CC3)cc3c2N1CC3. The lowest BCUT2D eigenvalue weighted by atomic mass is 9.91. The van der Waals surface area contributed by atoms with Crippen LogP contribution in [0.4, 0.5) is 10.1 Å². The molecule has 1 saturated heterocycles. The van der Waals surface area contributed by atoms with Crippen LogP contribution in [0.15, 0.2) is 28.8 Å². The number of hydrogen-bond acceptors (Lipinski definition) is 5. The van der Waals surface area contributed by atoms with Gasteiger partial charge in [0.2, 0.25) is 5.91 Å². The maximum absolute atomic E-state index is 13.4. The van der Waals surface area contributed by atoms with Gasteiger partial charge in [-0.3, -0.25) is 4.79 Å². The first-order valence-electron chi connectivity index (χ1n) is 12.1. The first-order valence-corrected chi connectivity index (χ1v) is 12.5. The fourth-order valence-electron chi connectivity index (χ4n) is 5.68. The number of hydrogen-bond donors (Lipinski definition) is 0. The quantitative estimate of drug-likeness (QED) is 0.456. The fraction of sp³-hybridized carbons (Fsp3) is 0.462. The van der Waals surface area contributed by atoms with Gasteiger partial charge in [0, 0.05) is 36.9 Å². The van der Waals surface area contributed by atoms with Crippen molar-refractivity contribution in [3.05, 3.63) is 51.9 Å². The Morgan fingerprint density at radius 3 is 2.85 bits per heavy atom. The first-order chi connectivity index (χ1) is 16.6. The zero-order chi connectivity index (χ0) is 23.2. The standard InChI is InChI=1S/C26H27ClFN3O3/c27-24-20-4-5-23(32)31-12-8-17(26(20)31)14-22(24)33-13-1-9-30-10-6-16(7-11-30)25-19-3-2-18(28)15-21(19)34-29-25/h2-3,14-16H,1,4-13H2. The summed E-state index contributed by atoms with van der Waals surface area (Å²) >= 11 is 6.67. The third-order valence-corrected chi connectivity index (χ3v) is 7.87. The predicted octanol–water partition coefficient (Wildman–Crippen LogP) is 5.10. The molecule has 178 valence electrons. The molecular formula is C26H27ClFN3O3. The number of carbonyl (C=O) groups excluding carboxylic acids is 1. The molecule has 0 atom stereocenters. The molecular weight excluding hydrogens is 457 g/mol. The van der Waals surface area contributed by atoms with Gasteiger partial charge >= 0.3 is 0 Å². The fourth-order valence-corrected chi connectivity index (χ4v) is 5.98. The summed E-state index contributed by atoms with van der Waals surface area (Å²) in [6.45, 7) is 4.31. The molecule has 0 saturated carbocycles. The largest absolute Gasteiger partial charge is 0.492 e. The number of halogens is 2. The van der Waals surface area contributed by atoms with Crippen molar-refractivity contribution in [2.75, 3.05) is 37.7 Å². The Morgan fingerprint density at radius 1 is 1.15 bits per heavy atom. The molecule has 0 aliphatic carbocycles. The second-order valence-electron chi connectivity index (χ2n) is 9.50. The summed E-state index contributed by atoms with van der Waals surface area (Å²) in [6, 6.07) is 6.67. The van der Waals surface area contributed by atoms with E-state index in [4.69, 9.17) is 20.9 Å². The molecule has 6 nitrogen and oxygen atoms in total. The van der Waals surface area contributed by atoms with E-state index >= 15 is 0 Å². The van der Waals surface area contributed by atoms with Crippen LogP contribution in [0.1, 0.15) is 48.4 Å². The highest BCUT2D eigenvalue weighted by molar-refractivity contribution is 6.33. The van der Waals surface area contributed by atoms with Crippen molar-refractivity contribution in [1.29, 1.82) is 0 Å². The van der Waals surface area contributed by atoms with E-state index in [1.54, 1.807) is 6.07 Å². The van der Waals surface area contributed by atoms with Gasteiger partial charge in [0.05, 0.1) is 23.0 Å². The van der Waals surface area contributed by atoms with Crippen LogP contribution in [0.3, 0.4) is 0 Å². The van der Waals surface area contributed by atoms with Crippen molar-refractivity contribution >= 4 is 34.2 Å². The van der Waals surface area contributed by atoms with E-state index in [0.717, 1.165) is 79.9 Å². The Hall–Kier alpha value is -2.64. The molecule has 1 aromatic heterocycles. The van der Waals surface area contributed by atoms with E-state index in [1.807, 2.05) is 11.0 Å². The topological polar surface area (TPSA) is 58.8 Å². The minimum absolute atomic E-state index is 0.199. The maximum atomic E-state index is 13.4. The Labute approximate surface area is 202 Å². The molecule has 0 radical (unpaired) electrons. The zero-order valence-electron chi connectivity index (χ0n) is 19.0. The molecule has 6 rings (SSSR count). The predicted molar refractivity (Wildman–Crippen MR) is 128 cm³/mol. The second-order valence-corrected chi connectivity index (χ2v) is 9.87. The first kappa shape index (κ1) is 21.9. The van der Waals surface area contributed by atoms with E-state index in [2.05, 4.69) is 10.1 Å². The van der Waals surface area contributed by atoms with Gasteiger partial charge in [-0.25, -0.2) is 4.39 Å². The van der Waals surface area contributed by atoms with Gasteiger partial charge in [-0.05, 0) is 74.5 Å². The van der Waals surface area contributed by atoms with Crippen LogP contribution in [0.25, 0.3) is 11.0 Å². The van der Waals surface area contributed by atoms with Gasteiger partial charge in [0.25, 0.3) is 0 Å². The average molecular weight is 484 g/mol. The minimum atomic E-state index is -0.301. The molecule has 1 amide bonds. The summed E-state index contributed by atoms with van der Waals surface area (Å²) in [5.41, 5.74) is 4.74. The number of aromatic nitrogens is 1. The number of anilines is 1. The molecule has 1 fully saturated rings. The van der Waals surface area contributed by atoms with E-state index in [-0.39, 0.29) is 11.7 Å². The number of likely N-dealkylation sites (tertiary alicyclic amines) is 1. The van der Waals surface area contributed by atoms with E-state index in [1.165, 1.54) is 17.7 Å². The van der Waals surface area contributed by atoms with Crippen LogP contribution >= 0.6 is 11.6 Å². The Kier molecular flexibility index (Phi) is 5.70. The Bertz CT molecular complexity index is 1250. The average Bonchev–Trinajstić information content (AvgIpc) is 3.46. The number of amides is 1. The molecule has 0 N–H and O–H groups in total. The monoisotopic (exact) mass is 483 g/mol. The van der Waals surface area contributed by atoms with Crippen molar-refractivity contribution in [1.82, 2.24) is 10.1 Å². The molecule has 0 spiro atoms. The zero-order valence-corrected chi connectivity index (χ0v) is 19.7. The van der Waals surface area contributed by atoms with E-state index in [0.29, 0.717) is 36.0 Å². The van der Waals surface area contributed by atoms with Crippen molar-refractivity contribution in [2.24, 2.45) is 0 Å². The molecule has 0 unspecified atom stereocenters. The molecule has 34 heavy (non-hydrogen) atoms. The summed E-state index contributed by atoms with van der Waals surface area (Å²) in [5, 5.41) is 5.83. The van der Waals surface area contributed by atoms with Crippen molar-refractivity contribution in [3.8, 4) is 5.75 Å². The van der Waals surface area contributed by atoms with Gasteiger partial charge in [0.15, 0.2) is 5.58 Å². The lowest BCUT2D eigenvalue weighted by Gasteiger charge is -2.31. The summed E-state index contributed by atoms with van der Waals surface area (Å²) in [6.07, 6.45) is 5.02. The van der Waals surface area contributed by atoms with Gasteiger partial charge < -0.3 is 19.1 Å². The van der Waals surface area contributed by atoms with E-state index < -0.39 is 0 Å². The lowest BCUT2D eigenvalue weighted by molar-refractivity contribution is -0.118. The number of carbonyl (C=O) groups is 1. The lowest BCUT2D eigenvalue weighted by Crippen LogP contribution is -2.34. The molecule has 2 aromatic carbocycles. The summed E-state index contributed by atoms with van der Waals surface area (Å²) in [4.78, 5) is 16.5. The maximum Gasteiger partial charge on any atom is 0.227 e. The number of piperidine rings is 1. The third-order valence-electron chi connectivity index (χ3n) is 7.45. The summed E-state index contributed by atoms with van der Waals surface area (Å²) < 4.78 is 24.9. The highest BCUT2D eigenvalue weighted by atomic mass is 35.5. The third kappa shape index (κ3) is 3.85. The summed E-state index contributed by atoms with van der Waals surface area (Å²) in [7, 11) is 0. The molecule has 3 aromatic rings. The highest BCUT2D eigenvalue weighted by Gasteiger charge is 2.34. The van der Waals surface area contributed by atoms with Crippen LogP contribution < -0.4 is 9.64 Å². The number of benzene rings is 2. The summed E-state index contributed by atoms with van der Waals surface area (Å²) in [5.74, 6) is 0.989. The minimum Gasteiger partial charge on any atom is -0.492 e. The molecule has 8 heteroatoms. The van der Waals surface area contributed by atoms with Crippen LogP contribution in [0, 0.1) is 5.82 Å². The normalized spacial score (nSPS) is 18.6. The Morgan fingerprint density at radius 2 is 2.00 bits per heavy atom. The van der Waals surface area contributed by atoms with E-state index in [9.17, 15) is 9.18 Å². The van der Waals surface area contributed by atoms with Gasteiger partial charge in [-0.15, -0.1) is 0 Å². The smallest absolute Gasteiger partial charge is 0.227 e. The van der Waals surface area contributed by atoms with Crippen molar-refractivity contribution in [2.45, 2.75) is 44.4 Å². The van der Waals surface area contributed by atoms with Crippen LogP contribution in [-0.4, -0.2) is 48.7 Å². The number of nitrogens with zero attached hydrogens (tertiary/aromatic N) is 3. The van der Waals surface area contributed by atoms with Crippen molar-refractivity contribution in [3.63, 3.8) is 0 Å². The second kappa shape index (κ2) is 8.86. The van der Waals surface area contributed by atoms with Gasteiger partial charge in [0.1, 0.15) is 11.6 Å². The molecule has 4 heterocycles. The van der Waals surface area contributed by atoms with Crippen LogP contribution in [-0.2, 0) is 17.6 Å². The number of rotatable bonds is 6.